The highest BCUT2D eigenvalue weighted by Gasteiger charge is 2.40. The zero-order valence-electron chi connectivity index (χ0n) is 17.4. The molecule has 1 aliphatic rings. The Kier molecular flexibility index (Phi) is 6.98. The lowest BCUT2D eigenvalue weighted by atomic mass is 10.0. The first-order valence-corrected chi connectivity index (χ1v) is 10.8. The summed E-state index contributed by atoms with van der Waals surface area (Å²) < 4.78 is 5.73. The van der Waals surface area contributed by atoms with Crippen molar-refractivity contribution in [2.45, 2.75) is 43.4 Å². The second kappa shape index (κ2) is 9.46. The van der Waals surface area contributed by atoms with Crippen molar-refractivity contribution in [1.29, 1.82) is 0 Å². The number of thioether (sulfide) groups is 1. The molecule has 3 rings (SSSR count). The number of ether oxygens (including phenoxy) is 1. The minimum Gasteiger partial charge on any atom is -0.451 e. The molecule has 0 bridgehead atoms. The molecule has 0 saturated carbocycles. The minimum atomic E-state index is -0.875. The van der Waals surface area contributed by atoms with Gasteiger partial charge in [-0.2, -0.15) is 0 Å². The van der Waals surface area contributed by atoms with Gasteiger partial charge in [0.2, 0.25) is 0 Å². The van der Waals surface area contributed by atoms with E-state index in [0.717, 1.165) is 27.3 Å². The van der Waals surface area contributed by atoms with Crippen molar-refractivity contribution < 1.29 is 14.3 Å². The molecule has 1 amide bonds. The molecule has 1 aliphatic heterocycles. The van der Waals surface area contributed by atoms with Gasteiger partial charge >= 0.3 is 5.97 Å². The van der Waals surface area contributed by atoms with Crippen LogP contribution in [0.25, 0.3) is 0 Å². The molecular weight excluding hydrogens is 384 g/mol. The monoisotopic (exact) mass is 412 g/mol. The van der Waals surface area contributed by atoms with Gasteiger partial charge in [0.25, 0.3) is 5.91 Å². The number of carbonyl (C=O) groups excluding carboxylic acids is 2. The van der Waals surface area contributed by atoms with Crippen LogP contribution in [0.2, 0.25) is 0 Å². The number of hydrogen-bond acceptors (Lipinski definition) is 5. The molecule has 0 unspecified atom stereocenters. The number of anilines is 1. The Morgan fingerprint density at radius 2 is 1.83 bits per heavy atom. The van der Waals surface area contributed by atoms with Crippen molar-refractivity contribution in [3.05, 3.63) is 59.2 Å². The number of amides is 1. The van der Waals surface area contributed by atoms with Gasteiger partial charge in [0.05, 0.1) is 10.9 Å². The van der Waals surface area contributed by atoms with E-state index in [1.807, 2.05) is 57.3 Å². The number of hydrogen-bond donors (Lipinski definition) is 1. The lowest BCUT2D eigenvalue weighted by Crippen LogP contribution is -2.45. The van der Waals surface area contributed by atoms with Crippen molar-refractivity contribution in [3.63, 3.8) is 0 Å². The van der Waals surface area contributed by atoms with Gasteiger partial charge in [-0.25, -0.2) is 0 Å². The highest BCUT2D eigenvalue weighted by atomic mass is 32.2. The predicted molar refractivity (Wildman–Crippen MR) is 117 cm³/mol. The zero-order valence-corrected chi connectivity index (χ0v) is 18.2. The molecule has 0 aromatic heterocycles. The Morgan fingerprint density at radius 3 is 2.48 bits per heavy atom. The van der Waals surface area contributed by atoms with E-state index in [4.69, 9.17) is 4.74 Å². The molecule has 1 N–H and O–H groups in total. The number of nitrogens with zero attached hydrogens (tertiary/aromatic N) is 1. The van der Waals surface area contributed by atoms with Crippen molar-refractivity contribution in [3.8, 4) is 0 Å². The Bertz CT molecular complexity index is 882. The molecule has 154 valence electrons. The van der Waals surface area contributed by atoms with Crippen LogP contribution in [0.4, 0.5) is 5.69 Å². The molecule has 1 heterocycles. The van der Waals surface area contributed by atoms with Crippen LogP contribution in [0.5, 0.6) is 0 Å². The summed E-state index contributed by atoms with van der Waals surface area (Å²) in [7, 11) is 1.86. The number of benzene rings is 2. The molecule has 0 spiro atoms. The van der Waals surface area contributed by atoms with Gasteiger partial charge in [-0.05, 0) is 44.2 Å². The van der Waals surface area contributed by atoms with E-state index < -0.39 is 6.10 Å². The number of rotatable bonds is 6. The summed E-state index contributed by atoms with van der Waals surface area (Å²) in [6, 6.07) is 14.2. The number of carbonyl (C=O) groups is 2. The third kappa shape index (κ3) is 4.82. The van der Waals surface area contributed by atoms with E-state index in [0.29, 0.717) is 13.1 Å². The van der Waals surface area contributed by atoms with E-state index >= 15 is 0 Å². The van der Waals surface area contributed by atoms with Gasteiger partial charge in [-0.1, -0.05) is 42.8 Å². The first-order chi connectivity index (χ1) is 13.9. The standard InChI is InChI=1S/C23H28N2O3S/c1-5-20(26)28-21-22(17-9-6-15(2)7-10-17)29-19-14-16(3)8-11-18(19)25(23(21)27)13-12-24-4/h6-11,14,21-22,24H,5,12-13H2,1-4H3/t21-,22+/m1/s1. The Hall–Kier alpha value is -2.31. The second-order valence-electron chi connectivity index (χ2n) is 7.28. The van der Waals surface area contributed by atoms with E-state index in [-0.39, 0.29) is 23.5 Å². The quantitative estimate of drug-likeness (QED) is 0.726. The second-order valence-corrected chi connectivity index (χ2v) is 8.46. The molecule has 0 saturated heterocycles. The fourth-order valence-electron chi connectivity index (χ4n) is 3.33. The summed E-state index contributed by atoms with van der Waals surface area (Å²) in [6.45, 7) is 6.97. The van der Waals surface area contributed by atoms with Crippen LogP contribution in [0.3, 0.4) is 0 Å². The van der Waals surface area contributed by atoms with E-state index in [9.17, 15) is 9.59 Å². The Labute approximate surface area is 176 Å². The molecule has 2 atom stereocenters. The smallest absolute Gasteiger partial charge is 0.306 e. The number of likely N-dealkylation sites (N-methyl/N-ethyl adjacent to an activating group) is 1. The molecule has 0 radical (unpaired) electrons. The fraction of sp³-hybridized carbons (Fsp3) is 0.391. The summed E-state index contributed by atoms with van der Waals surface area (Å²) >= 11 is 1.59. The van der Waals surface area contributed by atoms with Gasteiger partial charge in [-0.3, -0.25) is 9.59 Å². The lowest BCUT2D eigenvalue weighted by molar-refractivity contribution is -0.154. The van der Waals surface area contributed by atoms with Crippen LogP contribution in [0.15, 0.2) is 47.4 Å². The summed E-state index contributed by atoms with van der Waals surface area (Å²) in [5.74, 6) is -0.542. The lowest BCUT2D eigenvalue weighted by Gasteiger charge is -2.28. The predicted octanol–water partition coefficient (Wildman–Crippen LogP) is 4.02. The summed E-state index contributed by atoms with van der Waals surface area (Å²) in [4.78, 5) is 28.6. The maximum Gasteiger partial charge on any atom is 0.306 e. The average molecular weight is 413 g/mol. The van der Waals surface area contributed by atoms with Crippen LogP contribution in [-0.4, -0.2) is 38.1 Å². The maximum atomic E-state index is 13.6. The van der Waals surface area contributed by atoms with E-state index in [1.165, 1.54) is 0 Å². The number of aryl methyl sites for hydroxylation is 2. The molecular formula is C23H28N2O3S. The molecule has 0 fully saturated rings. The SMILES string of the molecule is CCC(=O)O[C@H]1C(=O)N(CCNC)c2ccc(C)cc2S[C@H]1c1ccc(C)cc1. The first-order valence-electron chi connectivity index (χ1n) is 9.94. The molecule has 2 aromatic carbocycles. The van der Waals surface area contributed by atoms with Crippen molar-refractivity contribution in [2.24, 2.45) is 0 Å². The Morgan fingerprint density at radius 1 is 1.14 bits per heavy atom. The normalized spacial score (nSPS) is 18.9. The molecule has 2 aromatic rings. The zero-order chi connectivity index (χ0) is 21.0. The van der Waals surface area contributed by atoms with E-state index in [2.05, 4.69) is 11.4 Å². The third-order valence-corrected chi connectivity index (χ3v) is 6.34. The molecule has 5 nitrogen and oxygen atoms in total. The van der Waals surface area contributed by atoms with E-state index in [1.54, 1.807) is 23.6 Å². The summed E-state index contributed by atoms with van der Waals surface area (Å²) in [5, 5.41) is 2.80. The van der Waals surface area contributed by atoms with Gasteiger partial charge < -0.3 is 15.0 Å². The topological polar surface area (TPSA) is 58.6 Å². The van der Waals surface area contributed by atoms with Crippen molar-refractivity contribution in [1.82, 2.24) is 5.32 Å². The third-order valence-electron chi connectivity index (χ3n) is 4.98. The maximum absolute atomic E-state index is 13.6. The number of fused-ring (bicyclic) bond motifs is 1. The highest BCUT2D eigenvalue weighted by Crippen LogP contribution is 2.47. The molecule has 0 aliphatic carbocycles. The summed E-state index contributed by atoms with van der Waals surface area (Å²) in [6.07, 6.45) is -0.641. The van der Waals surface area contributed by atoms with Crippen molar-refractivity contribution >= 4 is 29.3 Å². The van der Waals surface area contributed by atoms with Gasteiger partial charge in [-0.15, -0.1) is 11.8 Å². The number of nitrogens with one attached hydrogen (secondary N) is 1. The van der Waals surface area contributed by atoms with Crippen LogP contribution < -0.4 is 10.2 Å². The van der Waals surface area contributed by atoms with Gasteiger partial charge in [0.1, 0.15) is 0 Å². The first kappa shape index (κ1) is 21.4. The minimum absolute atomic E-state index is 0.178. The van der Waals surface area contributed by atoms with Crippen LogP contribution >= 0.6 is 11.8 Å². The van der Waals surface area contributed by atoms with Crippen LogP contribution in [0, 0.1) is 13.8 Å². The average Bonchev–Trinajstić information content (AvgIpc) is 2.82. The molecule has 29 heavy (non-hydrogen) atoms. The van der Waals surface area contributed by atoms with Gasteiger partial charge in [0, 0.05) is 24.4 Å². The fourth-order valence-corrected chi connectivity index (χ4v) is 4.74. The Balaban J connectivity index is 2.11. The number of esters is 1. The highest BCUT2D eigenvalue weighted by molar-refractivity contribution is 7.99. The van der Waals surface area contributed by atoms with Crippen LogP contribution in [0.1, 0.15) is 35.3 Å². The summed E-state index contributed by atoms with van der Waals surface area (Å²) in [5.41, 5.74) is 4.12. The molecule has 6 heteroatoms. The van der Waals surface area contributed by atoms with Crippen LogP contribution in [-0.2, 0) is 14.3 Å². The largest absolute Gasteiger partial charge is 0.451 e. The van der Waals surface area contributed by atoms with Crippen molar-refractivity contribution in [2.75, 3.05) is 25.0 Å². The van der Waals surface area contributed by atoms with Gasteiger partial charge in [0.15, 0.2) is 6.10 Å².